The van der Waals surface area contributed by atoms with Crippen molar-refractivity contribution in [1.29, 1.82) is 0 Å². The molecule has 0 bridgehead atoms. The predicted molar refractivity (Wildman–Crippen MR) is 58.4 cm³/mol. The molecule has 0 aromatic heterocycles. The predicted octanol–water partition coefficient (Wildman–Crippen LogP) is -0.889. The summed E-state index contributed by atoms with van der Waals surface area (Å²) in [7, 11) is 3.29. The van der Waals surface area contributed by atoms with E-state index in [1.54, 1.807) is 6.92 Å². The molecule has 6 nitrogen and oxygen atoms in total. The molecule has 4 N–H and O–H groups in total. The van der Waals surface area contributed by atoms with E-state index in [-0.39, 0.29) is 11.9 Å². The minimum atomic E-state index is -0.487. The van der Waals surface area contributed by atoms with E-state index < -0.39 is 6.03 Å². The summed E-state index contributed by atoms with van der Waals surface area (Å²) >= 11 is 0. The van der Waals surface area contributed by atoms with Crippen LogP contribution in [-0.2, 0) is 4.79 Å². The zero-order valence-electron chi connectivity index (χ0n) is 9.54. The van der Waals surface area contributed by atoms with E-state index in [1.807, 2.05) is 11.9 Å². The van der Waals surface area contributed by atoms with Gasteiger partial charge in [-0.25, -0.2) is 4.79 Å². The molecule has 0 aliphatic heterocycles. The Morgan fingerprint density at radius 2 is 2.07 bits per heavy atom. The van der Waals surface area contributed by atoms with Crippen LogP contribution < -0.4 is 16.4 Å². The van der Waals surface area contributed by atoms with Gasteiger partial charge in [-0.15, -0.1) is 0 Å². The number of carbonyl (C=O) groups excluding carboxylic acids is 2. The van der Waals surface area contributed by atoms with E-state index in [0.717, 1.165) is 13.0 Å². The van der Waals surface area contributed by atoms with Crippen molar-refractivity contribution < 1.29 is 9.59 Å². The summed E-state index contributed by atoms with van der Waals surface area (Å²) in [5, 5.41) is 4.55. The Kier molecular flexibility index (Phi) is 6.64. The Hall–Kier alpha value is -1.14. The normalized spacial score (nSPS) is 12.3. The first-order valence-electron chi connectivity index (χ1n) is 4.95. The Morgan fingerprint density at radius 3 is 2.53 bits per heavy atom. The first-order valence-corrected chi connectivity index (χ1v) is 4.95. The average Bonchev–Trinajstić information content (AvgIpc) is 2.24. The van der Waals surface area contributed by atoms with Crippen molar-refractivity contribution in [3.05, 3.63) is 0 Å². The van der Waals surface area contributed by atoms with Crippen molar-refractivity contribution in [2.75, 3.05) is 27.2 Å². The molecule has 1 atom stereocenters. The van der Waals surface area contributed by atoms with Crippen LogP contribution in [0, 0.1) is 0 Å². The van der Waals surface area contributed by atoms with Gasteiger partial charge in [0.2, 0.25) is 5.91 Å². The van der Waals surface area contributed by atoms with E-state index in [2.05, 4.69) is 10.6 Å². The number of imide groups is 1. The van der Waals surface area contributed by atoms with Gasteiger partial charge in [0.05, 0.1) is 6.04 Å². The van der Waals surface area contributed by atoms with Crippen LogP contribution >= 0.6 is 0 Å². The number of amides is 3. The highest BCUT2D eigenvalue weighted by atomic mass is 16.2. The molecule has 0 heterocycles. The smallest absolute Gasteiger partial charge is 0.321 e. The fourth-order valence-corrected chi connectivity index (χ4v) is 1.01. The SMILES string of the molecule is CNC(=O)NC(=O)C(C)N(C)CCCN. The molecule has 0 aliphatic carbocycles. The highest BCUT2D eigenvalue weighted by Crippen LogP contribution is 1.96. The Morgan fingerprint density at radius 1 is 1.47 bits per heavy atom. The standard InChI is InChI=1S/C9H20N4O2/c1-7(13(3)6-4-5-10)8(14)12-9(15)11-2/h7H,4-6,10H2,1-3H3,(H2,11,12,14,15). The third-order valence-corrected chi connectivity index (χ3v) is 2.22. The van der Waals surface area contributed by atoms with E-state index in [9.17, 15) is 9.59 Å². The Bertz CT molecular complexity index is 220. The van der Waals surface area contributed by atoms with Gasteiger partial charge in [-0.2, -0.15) is 0 Å². The van der Waals surface area contributed by atoms with Crippen LogP contribution in [0.1, 0.15) is 13.3 Å². The topological polar surface area (TPSA) is 87.5 Å². The van der Waals surface area contributed by atoms with E-state index in [4.69, 9.17) is 5.73 Å². The quantitative estimate of drug-likeness (QED) is 0.556. The summed E-state index contributed by atoms with van der Waals surface area (Å²) in [6, 6.07) is -0.826. The maximum Gasteiger partial charge on any atom is 0.321 e. The van der Waals surface area contributed by atoms with Crippen molar-refractivity contribution >= 4 is 11.9 Å². The molecular weight excluding hydrogens is 196 g/mol. The molecule has 0 saturated carbocycles. The van der Waals surface area contributed by atoms with Crippen LogP contribution in [0.3, 0.4) is 0 Å². The van der Waals surface area contributed by atoms with Gasteiger partial charge in [0, 0.05) is 7.05 Å². The van der Waals surface area contributed by atoms with Gasteiger partial charge in [0.25, 0.3) is 0 Å². The lowest BCUT2D eigenvalue weighted by Gasteiger charge is -2.22. The molecule has 0 radical (unpaired) electrons. The Labute approximate surface area is 90.2 Å². The van der Waals surface area contributed by atoms with E-state index in [1.165, 1.54) is 7.05 Å². The highest BCUT2D eigenvalue weighted by molar-refractivity contribution is 5.96. The fraction of sp³-hybridized carbons (Fsp3) is 0.778. The van der Waals surface area contributed by atoms with Crippen molar-refractivity contribution in [2.24, 2.45) is 5.73 Å². The van der Waals surface area contributed by atoms with E-state index >= 15 is 0 Å². The molecular formula is C9H20N4O2. The van der Waals surface area contributed by atoms with Gasteiger partial charge in [-0.05, 0) is 33.5 Å². The molecule has 1 unspecified atom stereocenters. The highest BCUT2D eigenvalue weighted by Gasteiger charge is 2.18. The molecule has 0 fully saturated rings. The number of hydrogen-bond donors (Lipinski definition) is 3. The average molecular weight is 216 g/mol. The molecule has 0 spiro atoms. The number of hydrogen-bond acceptors (Lipinski definition) is 4. The lowest BCUT2D eigenvalue weighted by Crippen LogP contribution is -2.48. The molecule has 0 rings (SSSR count). The first kappa shape index (κ1) is 13.9. The van der Waals surface area contributed by atoms with Gasteiger partial charge in [0.1, 0.15) is 0 Å². The van der Waals surface area contributed by atoms with Gasteiger partial charge in [-0.3, -0.25) is 15.0 Å². The number of nitrogens with two attached hydrogens (primary N) is 1. The molecule has 15 heavy (non-hydrogen) atoms. The minimum absolute atomic E-state index is 0.311. The summed E-state index contributed by atoms with van der Waals surface area (Å²) < 4.78 is 0. The largest absolute Gasteiger partial charge is 0.341 e. The Balaban J connectivity index is 4.01. The van der Waals surface area contributed by atoms with Crippen LogP contribution in [0.2, 0.25) is 0 Å². The maximum absolute atomic E-state index is 11.5. The minimum Gasteiger partial charge on any atom is -0.341 e. The van der Waals surface area contributed by atoms with Gasteiger partial charge in [-0.1, -0.05) is 0 Å². The molecule has 0 aliphatic rings. The first-order chi connectivity index (χ1) is 7.02. The zero-order valence-corrected chi connectivity index (χ0v) is 9.54. The van der Waals surface area contributed by atoms with Crippen LogP contribution in [0.15, 0.2) is 0 Å². The molecule has 6 heteroatoms. The van der Waals surface area contributed by atoms with Crippen molar-refractivity contribution in [3.63, 3.8) is 0 Å². The van der Waals surface area contributed by atoms with Crippen LogP contribution in [0.5, 0.6) is 0 Å². The fourth-order valence-electron chi connectivity index (χ4n) is 1.01. The molecule has 0 saturated heterocycles. The lowest BCUT2D eigenvalue weighted by atomic mass is 10.2. The third-order valence-electron chi connectivity index (χ3n) is 2.22. The number of urea groups is 1. The number of nitrogens with one attached hydrogen (secondary N) is 2. The summed E-state index contributed by atoms with van der Waals surface area (Å²) in [6.07, 6.45) is 0.827. The summed E-state index contributed by atoms with van der Waals surface area (Å²) in [4.78, 5) is 24.2. The lowest BCUT2D eigenvalue weighted by molar-refractivity contribution is -0.124. The third kappa shape index (κ3) is 5.34. The molecule has 88 valence electrons. The number of nitrogens with zero attached hydrogens (tertiary/aromatic N) is 1. The second-order valence-electron chi connectivity index (χ2n) is 3.37. The number of likely N-dealkylation sites (N-methyl/N-ethyl adjacent to an activating group) is 1. The van der Waals surface area contributed by atoms with Gasteiger partial charge < -0.3 is 11.1 Å². The summed E-state index contributed by atoms with van der Waals surface area (Å²) in [5.41, 5.74) is 5.36. The van der Waals surface area contributed by atoms with Gasteiger partial charge in [0.15, 0.2) is 0 Å². The maximum atomic E-state index is 11.5. The number of carbonyl (C=O) groups is 2. The van der Waals surface area contributed by atoms with Crippen LogP contribution in [0.25, 0.3) is 0 Å². The molecule has 3 amide bonds. The summed E-state index contributed by atoms with van der Waals surface area (Å²) in [6.45, 7) is 3.07. The van der Waals surface area contributed by atoms with Crippen LogP contribution in [0.4, 0.5) is 4.79 Å². The van der Waals surface area contributed by atoms with Crippen molar-refractivity contribution in [2.45, 2.75) is 19.4 Å². The summed E-state index contributed by atoms with van der Waals surface area (Å²) in [5.74, 6) is -0.311. The molecule has 0 aromatic rings. The van der Waals surface area contributed by atoms with E-state index in [0.29, 0.717) is 6.54 Å². The monoisotopic (exact) mass is 216 g/mol. The van der Waals surface area contributed by atoms with Crippen molar-refractivity contribution in [3.8, 4) is 0 Å². The van der Waals surface area contributed by atoms with Crippen molar-refractivity contribution in [1.82, 2.24) is 15.5 Å². The second-order valence-corrected chi connectivity index (χ2v) is 3.37. The second kappa shape index (κ2) is 7.19. The van der Waals surface area contributed by atoms with Crippen LogP contribution in [-0.4, -0.2) is 50.1 Å². The zero-order chi connectivity index (χ0) is 11.8. The number of rotatable bonds is 5. The van der Waals surface area contributed by atoms with Gasteiger partial charge >= 0.3 is 6.03 Å². The molecule has 0 aromatic carbocycles.